The molecule has 0 unspecified atom stereocenters. The Bertz CT molecular complexity index is 523. The standard InChI is InChI=1S/C16H23BrN2O2/c1-11(2)12-5-7-16(18,8-6-12)10-13-3-4-14(17)9-15(13)19(20)21/h3-4,9,11-12H,5-8,10,18H2,1-2H3. The molecule has 0 spiro atoms. The van der Waals surface area contributed by atoms with Gasteiger partial charge >= 0.3 is 0 Å². The minimum absolute atomic E-state index is 0.167. The van der Waals surface area contributed by atoms with Crippen molar-refractivity contribution < 1.29 is 4.92 Å². The van der Waals surface area contributed by atoms with E-state index >= 15 is 0 Å². The van der Waals surface area contributed by atoms with Crippen LogP contribution < -0.4 is 5.73 Å². The van der Waals surface area contributed by atoms with E-state index in [1.165, 1.54) is 0 Å². The molecular formula is C16H23BrN2O2. The van der Waals surface area contributed by atoms with E-state index in [1.54, 1.807) is 6.07 Å². The lowest BCUT2D eigenvalue weighted by atomic mass is 9.71. The first kappa shape index (κ1) is 16.4. The van der Waals surface area contributed by atoms with Crippen LogP contribution in [0.5, 0.6) is 0 Å². The van der Waals surface area contributed by atoms with Gasteiger partial charge in [0.2, 0.25) is 0 Å². The van der Waals surface area contributed by atoms with Crippen molar-refractivity contribution in [2.45, 2.75) is 51.5 Å². The lowest BCUT2D eigenvalue weighted by molar-refractivity contribution is -0.385. The van der Waals surface area contributed by atoms with Gasteiger partial charge < -0.3 is 5.73 Å². The van der Waals surface area contributed by atoms with Crippen molar-refractivity contribution >= 4 is 21.6 Å². The highest BCUT2D eigenvalue weighted by atomic mass is 79.9. The summed E-state index contributed by atoms with van der Waals surface area (Å²) >= 11 is 3.29. The molecule has 2 N–H and O–H groups in total. The molecule has 116 valence electrons. The molecule has 1 saturated carbocycles. The van der Waals surface area contributed by atoms with Crippen LogP contribution in [0.2, 0.25) is 0 Å². The van der Waals surface area contributed by atoms with Crippen molar-refractivity contribution in [3.05, 3.63) is 38.3 Å². The van der Waals surface area contributed by atoms with E-state index in [4.69, 9.17) is 5.73 Å². The Morgan fingerprint density at radius 1 is 1.43 bits per heavy atom. The van der Waals surface area contributed by atoms with Gasteiger partial charge in [0.05, 0.1) is 4.92 Å². The van der Waals surface area contributed by atoms with Crippen molar-refractivity contribution in [1.29, 1.82) is 0 Å². The number of nitrogens with zero attached hydrogens (tertiary/aromatic N) is 1. The lowest BCUT2D eigenvalue weighted by Gasteiger charge is -2.38. The molecule has 4 nitrogen and oxygen atoms in total. The van der Waals surface area contributed by atoms with Gasteiger partial charge in [-0.3, -0.25) is 10.1 Å². The van der Waals surface area contributed by atoms with Gasteiger partial charge in [-0.2, -0.15) is 0 Å². The molecule has 1 aliphatic carbocycles. The molecule has 1 aromatic rings. The topological polar surface area (TPSA) is 69.2 Å². The second kappa shape index (κ2) is 6.44. The zero-order valence-electron chi connectivity index (χ0n) is 12.6. The van der Waals surface area contributed by atoms with Crippen LogP contribution in [0.15, 0.2) is 22.7 Å². The Morgan fingerprint density at radius 3 is 2.57 bits per heavy atom. The Labute approximate surface area is 134 Å². The molecule has 1 aromatic carbocycles. The highest BCUT2D eigenvalue weighted by Gasteiger charge is 2.34. The maximum absolute atomic E-state index is 11.2. The Kier molecular flexibility index (Phi) is 5.04. The summed E-state index contributed by atoms with van der Waals surface area (Å²) in [5, 5.41) is 11.2. The quantitative estimate of drug-likeness (QED) is 0.641. The number of benzene rings is 1. The summed E-state index contributed by atoms with van der Waals surface area (Å²) in [5.41, 5.74) is 7.14. The molecular weight excluding hydrogens is 332 g/mol. The second-order valence-corrected chi connectivity index (χ2v) is 7.57. The van der Waals surface area contributed by atoms with E-state index in [0.29, 0.717) is 12.3 Å². The Hall–Kier alpha value is -0.940. The molecule has 21 heavy (non-hydrogen) atoms. The second-order valence-electron chi connectivity index (χ2n) is 6.65. The summed E-state index contributed by atoms with van der Waals surface area (Å²) in [6.07, 6.45) is 4.73. The van der Waals surface area contributed by atoms with E-state index in [0.717, 1.165) is 41.6 Å². The van der Waals surface area contributed by atoms with Gasteiger partial charge in [0, 0.05) is 21.6 Å². The highest BCUT2D eigenvalue weighted by molar-refractivity contribution is 9.10. The van der Waals surface area contributed by atoms with Crippen LogP contribution in [0, 0.1) is 22.0 Å². The van der Waals surface area contributed by atoms with Crippen LogP contribution in [-0.4, -0.2) is 10.5 Å². The van der Waals surface area contributed by atoms with Crippen LogP contribution in [0.25, 0.3) is 0 Å². The number of hydrogen-bond acceptors (Lipinski definition) is 3. The summed E-state index contributed by atoms with van der Waals surface area (Å²) in [6, 6.07) is 5.25. The van der Waals surface area contributed by atoms with E-state index < -0.39 is 0 Å². The lowest BCUT2D eigenvalue weighted by Crippen LogP contribution is -2.46. The van der Waals surface area contributed by atoms with Crippen LogP contribution in [0.3, 0.4) is 0 Å². The highest BCUT2D eigenvalue weighted by Crippen LogP contribution is 2.37. The molecule has 0 aliphatic heterocycles. The summed E-state index contributed by atoms with van der Waals surface area (Å²) in [7, 11) is 0. The third-order valence-electron chi connectivity index (χ3n) is 4.76. The average molecular weight is 355 g/mol. The minimum Gasteiger partial charge on any atom is -0.325 e. The first-order valence-corrected chi connectivity index (χ1v) is 8.32. The molecule has 1 aliphatic rings. The first-order valence-electron chi connectivity index (χ1n) is 7.52. The van der Waals surface area contributed by atoms with Crippen molar-refractivity contribution in [2.24, 2.45) is 17.6 Å². The Balaban J connectivity index is 2.13. The fourth-order valence-corrected chi connectivity index (χ4v) is 3.64. The summed E-state index contributed by atoms with van der Waals surface area (Å²) in [4.78, 5) is 10.9. The normalized spacial score (nSPS) is 26.0. The smallest absolute Gasteiger partial charge is 0.273 e. The van der Waals surface area contributed by atoms with Crippen LogP contribution in [0.1, 0.15) is 45.1 Å². The largest absolute Gasteiger partial charge is 0.325 e. The molecule has 0 atom stereocenters. The summed E-state index contributed by atoms with van der Waals surface area (Å²) in [5.74, 6) is 1.43. The Morgan fingerprint density at radius 2 is 2.05 bits per heavy atom. The van der Waals surface area contributed by atoms with Gasteiger partial charge in [-0.05, 0) is 50.0 Å². The number of rotatable bonds is 4. The SMILES string of the molecule is CC(C)C1CCC(N)(Cc2ccc(Br)cc2[N+](=O)[O-])CC1. The van der Waals surface area contributed by atoms with E-state index in [-0.39, 0.29) is 16.1 Å². The van der Waals surface area contributed by atoms with Gasteiger partial charge in [0.15, 0.2) is 0 Å². The van der Waals surface area contributed by atoms with Crippen molar-refractivity contribution in [3.8, 4) is 0 Å². The average Bonchev–Trinajstić information content (AvgIpc) is 2.41. The fourth-order valence-electron chi connectivity index (χ4n) is 3.29. The van der Waals surface area contributed by atoms with Crippen molar-refractivity contribution in [1.82, 2.24) is 0 Å². The third kappa shape index (κ3) is 4.04. The number of nitro benzene ring substituents is 1. The third-order valence-corrected chi connectivity index (χ3v) is 5.25. The van der Waals surface area contributed by atoms with Gasteiger partial charge in [0.25, 0.3) is 5.69 Å². The fraction of sp³-hybridized carbons (Fsp3) is 0.625. The number of nitro groups is 1. The number of hydrogen-bond donors (Lipinski definition) is 1. The molecule has 0 amide bonds. The van der Waals surface area contributed by atoms with Crippen molar-refractivity contribution in [3.63, 3.8) is 0 Å². The van der Waals surface area contributed by atoms with E-state index in [1.807, 2.05) is 12.1 Å². The monoisotopic (exact) mass is 354 g/mol. The van der Waals surface area contributed by atoms with Gasteiger partial charge in [-0.25, -0.2) is 0 Å². The molecule has 5 heteroatoms. The molecule has 2 rings (SSSR count). The predicted molar refractivity (Wildman–Crippen MR) is 88.2 cm³/mol. The van der Waals surface area contributed by atoms with Gasteiger partial charge in [0.1, 0.15) is 0 Å². The van der Waals surface area contributed by atoms with Gasteiger partial charge in [-0.15, -0.1) is 0 Å². The van der Waals surface area contributed by atoms with E-state index in [2.05, 4.69) is 29.8 Å². The van der Waals surface area contributed by atoms with Crippen LogP contribution in [-0.2, 0) is 6.42 Å². The van der Waals surface area contributed by atoms with Crippen LogP contribution >= 0.6 is 15.9 Å². The van der Waals surface area contributed by atoms with Gasteiger partial charge in [-0.1, -0.05) is 35.8 Å². The predicted octanol–water partition coefficient (Wildman–Crippen LogP) is 4.44. The van der Waals surface area contributed by atoms with Crippen LogP contribution in [0.4, 0.5) is 5.69 Å². The zero-order valence-corrected chi connectivity index (χ0v) is 14.2. The molecule has 0 radical (unpaired) electrons. The minimum atomic E-state index is -0.316. The molecule has 1 fully saturated rings. The zero-order chi connectivity index (χ0) is 15.6. The number of nitrogens with two attached hydrogens (primary N) is 1. The van der Waals surface area contributed by atoms with Crippen molar-refractivity contribution in [2.75, 3.05) is 0 Å². The number of halogens is 1. The molecule has 0 bridgehead atoms. The first-order chi connectivity index (χ1) is 9.81. The molecule has 0 saturated heterocycles. The summed E-state index contributed by atoms with van der Waals surface area (Å²) < 4.78 is 0.729. The summed E-state index contributed by atoms with van der Waals surface area (Å²) in [6.45, 7) is 4.52. The maximum atomic E-state index is 11.2. The maximum Gasteiger partial charge on any atom is 0.273 e. The molecule has 0 heterocycles. The molecule has 0 aromatic heterocycles. The van der Waals surface area contributed by atoms with E-state index in [9.17, 15) is 10.1 Å².